The second-order valence-corrected chi connectivity index (χ2v) is 6.98. The first-order valence-corrected chi connectivity index (χ1v) is 8.98. The van der Waals surface area contributed by atoms with Crippen molar-refractivity contribution in [2.75, 3.05) is 0 Å². The molecule has 134 valence electrons. The summed E-state index contributed by atoms with van der Waals surface area (Å²) in [6.45, 7) is 0. The minimum atomic E-state index is -0.250. The van der Waals surface area contributed by atoms with Crippen molar-refractivity contribution >= 4 is 16.8 Å². The van der Waals surface area contributed by atoms with Crippen LogP contribution in [0.2, 0.25) is 0 Å². The fourth-order valence-corrected chi connectivity index (χ4v) is 3.61. The van der Waals surface area contributed by atoms with Crippen LogP contribution in [0.5, 0.6) is 0 Å². The van der Waals surface area contributed by atoms with Crippen molar-refractivity contribution in [1.82, 2.24) is 20.5 Å². The van der Waals surface area contributed by atoms with Crippen molar-refractivity contribution in [3.63, 3.8) is 0 Å². The highest BCUT2D eigenvalue weighted by Gasteiger charge is 2.35. The van der Waals surface area contributed by atoms with Gasteiger partial charge in [-0.25, -0.2) is 0 Å². The highest BCUT2D eigenvalue weighted by molar-refractivity contribution is 5.87. The molecule has 2 aromatic heterocycles. The molecule has 1 amide bonds. The molecule has 4 rings (SSSR count). The Morgan fingerprint density at radius 2 is 2.04 bits per heavy atom. The monoisotopic (exact) mass is 350 g/mol. The number of amides is 1. The Morgan fingerprint density at radius 3 is 2.81 bits per heavy atom. The standard InChI is InChI=1S/C20H22N4O2/c25-15-9-13(10-15)18(11-14-5-3-4-8-21-14)22-20(26)12-19-16-6-1-2-7-17(16)23-24-19/h1-8,13,15,18,25H,9-12H2,(H,22,26)(H,23,24)/t13?,15?,18-/m1/s1. The Morgan fingerprint density at radius 1 is 1.23 bits per heavy atom. The molecule has 6 heteroatoms. The molecule has 1 aliphatic rings. The minimum Gasteiger partial charge on any atom is -0.393 e. The number of aromatic amines is 1. The fourth-order valence-electron chi connectivity index (χ4n) is 3.61. The lowest BCUT2D eigenvalue weighted by Crippen LogP contribution is -2.48. The first-order chi connectivity index (χ1) is 12.7. The first-order valence-electron chi connectivity index (χ1n) is 8.98. The van der Waals surface area contributed by atoms with Gasteiger partial charge < -0.3 is 10.4 Å². The summed E-state index contributed by atoms with van der Waals surface area (Å²) in [5.74, 6) is 0.246. The summed E-state index contributed by atoms with van der Waals surface area (Å²) in [5, 5.41) is 21.0. The number of hydrogen-bond donors (Lipinski definition) is 3. The molecule has 2 heterocycles. The Bertz CT molecular complexity index is 887. The third-order valence-corrected chi connectivity index (χ3v) is 5.10. The van der Waals surface area contributed by atoms with E-state index in [4.69, 9.17) is 0 Å². The van der Waals surface area contributed by atoms with Crippen LogP contribution in [-0.4, -0.2) is 38.3 Å². The van der Waals surface area contributed by atoms with Gasteiger partial charge in [0.15, 0.2) is 0 Å². The summed E-state index contributed by atoms with van der Waals surface area (Å²) in [6.07, 6.45) is 3.90. The molecule has 1 aliphatic carbocycles. The topological polar surface area (TPSA) is 90.9 Å². The van der Waals surface area contributed by atoms with Gasteiger partial charge in [-0.2, -0.15) is 5.10 Å². The number of nitrogens with one attached hydrogen (secondary N) is 2. The number of rotatable bonds is 6. The Kier molecular flexibility index (Phi) is 4.67. The maximum atomic E-state index is 12.6. The molecule has 1 aromatic carbocycles. The fraction of sp³-hybridized carbons (Fsp3) is 0.350. The predicted octanol–water partition coefficient (Wildman–Crippen LogP) is 2.00. The van der Waals surface area contributed by atoms with Crippen molar-refractivity contribution in [3.05, 3.63) is 60.0 Å². The summed E-state index contributed by atoms with van der Waals surface area (Å²) in [5.41, 5.74) is 2.64. The van der Waals surface area contributed by atoms with Crippen LogP contribution >= 0.6 is 0 Å². The van der Waals surface area contributed by atoms with E-state index in [9.17, 15) is 9.90 Å². The van der Waals surface area contributed by atoms with Gasteiger partial charge in [-0.05, 0) is 37.0 Å². The number of aliphatic hydroxyl groups excluding tert-OH is 1. The van der Waals surface area contributed by atoms with E-state index in [1.165, 1.54) is 0 Å². The molecule has 26 heavy (non-hydrogen) atoms. The Labute approximate surface area is 151 Å². The molecule has 0 bridgehead atoms. The average molecular weight is 350 g/mol. The number of carbonyl (C=O) groups excluding carboxylic acids is 1. The van der Waals surface area contributed by atoms with E-state index < -0.39 is 0 Å². The summed E-state index contributed by atoms with van der Waals surface area (Å²) >= 11 is 0. The van der Waals surface area contributed by atoms with Crippen molar-refractivity contribution in [1.29, 1.82) is 0 Å². The van der Waals surface area contributed by atoms with Crippen LogP contribution in [0.25, 0.3) is 10.9 Å². The zero-order chi connectivity index (χ0) is 17.9. The molecule has 1 fully saturated rings. The number of hydrogen-bond acceptors (Lipinski definition) is 4. The number of H-pyrrole nitrogens is 1. The van der Waals surface area contributed by atoms with Crippen molar-refractivity contribution in [2.24, 2.45) is 5.92 Å². The van der Waals surface area contributed by atoms with E-state index >= 15 is 0 Å². The third kappa shape index (κ3) is 3.60. The van der Waals surface area contributed by atoms with Gasteiger partial charge in [0.25, 0.3) is 0 Å². The number of benzene rings is 1. The van der Waals surface area contributed by atoms with Gasteiger partial charge in [0, 0.05) is 29.7 Å². The average Bonchev–Trinajstić information content (AvgIpc) is 3.02. The van der Waals surface area contributed by atoms with Crippen LogP contribution in [0.4, 0.5) is 0 Å². The lowest BCUT2D eigenvalue weighted by atomic mass is 9.76. The second kappa shape index (κ2) is 7.25. The largest absolute Gasteiger partial charge is 0.393 e. The van der Waals surface area contributed by atoms with E-state index in [0.717, 1.165) is 35.1 Å². The van der Waals surface area contributed by atoms with Crippen LogP contribution < -0.4 is 5.32 Å². The summed E-state index contributed by atoms with van der Waals surface area (Å²) in [7, 11) is 0. The molecule has 0 spiro atoms. The second-order valence-electron chi connectivity index (χ2n) is 6.98. The van der Waals surface area contributed by atoms with Crippen molar-refractivity contribution in [3.8, 4) is 0 Å². The summed E-state index contributed by atoms with van der Waals surface area (Å²) in [4.78, 5) is 17.0. The molecule has 1 saturated carbocycles. The van der Waals surface area contributed by atoms with Gasteiger partial charge in [-0.3, -0.25) is 14.9 Å². The SMILES string of the molecule is O=C(Cc1[nH]nc2ccccc12)N[C@H](Cc1ccccn1)C1CC(O)C1. The number of para-hydroxylation sites is 1. The maximum absolute atomic E-state index is 12.6. The molecule has 0 saturated heterocycles. The van der Waals surface area contributed by atoms with Gasteiger partial charge in [-0.1, -0.05) is 24.3 Å². The maximum Gasteiger partial charge on any atom is 0.226 e. The highest BCUT2D eigenvalue weighted by Crippen LogP contribution is 2.31. The van der Waals surface area contributed by atoms with E-state index in [-0.39, 0.29) is 30.4 Å². The molecular weight excluding hydrogens is 328 g/mol. The van der Waals surface area contributed by atoms with Gasteiger partial charge in [0.05, 0.1) is 23.7 Å². The van der Waals surface area contributed by atoms with E-state index in [1.54, 1.807) is 6.20 Å². The smallest absolute Gasteiger partial charge is 0.226 e. The molecule has 1 atom stereocenters. The molecular formula is C20H22N4O2. The van der Waals surface area contributed by atoms with Crippen LogP contribution in [0.3, 0.4) is 0 Å². The van der Waals surface area contributed by atoms with Crippen LogP contribution in [0.1, 0.15) is 24.2 Å². The number of carbonyl (C=O) groups is 1. The Hall–Kier alpha value is -2.73. The number of aromatic nitrogens is 3. The first kappa shape index (κ1) is 16.7. The van der Waals surface area contributed by atoms with E-state index in [2.05, 4.69) is 20.5 Å². The van der Waals surface area contributed by atoms with E-state index in [0.29, 0.717) is 6.42 Å². The highest BCUT2D eigenvalue weighted by atomic mass is 16.3. The number of aliphatic hydroxyl groups is 1. The number of fused-ring (bicyclic) bond motifs is 1. The summed E-state index contributed by atoms with van der Waals surface area (Å²) in [6, 6.07) is 13.5. The van der Waals surface area contributed by atoms with Crippen LogP contribution in [0.15, 0.2) is 48.7 Å². The molecule has 0 unspecified atom stereocenters. The van der Waals surface area contributed by atoms with E-state index in [1.807, 2.05) is 42.5 Å². The molecule has 0 aliphatic heterocycles. The summed E-state index contributed by atoms with van der Waals surface area (Å²) < 4.78 is 0. The lowest BCUT2D eigenvalue weighted by Gasteiger charge is -2.38. The molecule has 3 aromatic rings. The predicted molar refractivity (Wildman–Crippen MR) is 98.4 cm³/mol. The Balaban J connectivity index is 1.45. The van der Waals surface area contributed by atoms with Crippen molar-refractivity contribution < 1.29 is 9.90 Å². The van der Waals surface area contributed by atoms with Crippen LogP contribution in [0, 0.1) is 5.92 Å². The zero-order valence-electron chi connectivity index (χ0n) is 14.4. The number of nitrogens with zero attached hydrogens (tertiary/aromatic N) is 2. The molecule has 3 N–H and O–H groups in total. The van der Waals surface area contributed by atoms with Crippen molar-refractivity contribution in [2.45, 2.75) is 37.8 Å². The number of pyridine rings is 1. The zero-order valence-corrected chi connectivity index (χ0v) is 14.4. The van der Waals surface area contributed by atoms with Crippen LogP contribution in [-0.2, 0) is 17.6 Å². The minimum absolute atomic E-state index is 0.0185. The quantitative estimate of drug-likeness (QED) is 0.634. The molecule has 0 radical (unpaired) electrons. The third-order valence-electron chi connectivity index (χ3n) is 5.10. The van der Waals surface area contributed by atoms with Gasteiger partial charge in [0.1, 0.15) is 0 Å². The lowest BCUT2D eigenvalue weighted by molar-refractivity contribution is -0.122. The molecule has 6 nitrogen and oxygen atoms in total. The van der Waals surface area contributed by atoms with Gasteiger partial charge in [0.2, 0.25) is 5.91 Å². The van der Waals surface area contributed by atoms with Gasteiger partial charge in [-0.15, -0.1) is 0 Å². The normalized spacial score (nSPS) is 20.5. The van der Waals surface area contributed by atoms with Gasteiger partial charge >= 0.3 is 0 Å².